The maximum atomic E-state index is 5.71. The van der Waals surface area contributed by atoms with Gasteiger partial charge in [-0.15, -0.1) is 11.3 Å². The summed E-state index contributed by atoms with van der Waals surface area (Å²) in [6.45, 7) is 8.14. The highest BCUT2D eigenvalue weighted by atomic mass is 32.1. The number of fused-ring (bicyclic) bond motifs is 1. The molecule has 2 nitrogen and oxygen atoms in total. The monoisotopic (exact) mass is 354 g/mol. The van der Waals surface area contributed by atoms with E-state index in [1.807, 2.05) is 26.8 Å². The van der Waals surface area contributed by atoms with Gasteiger partial charge in [0, 0.05) is 15.1 Å². The summed E-state index contributed by atoms with van der Waals surface area (Å²) in [7, 11) is 3.38. The van der Waals surface area contributed by atoms with Gasteiger partial charge in [0.1, 0.15) is 0 Å². The Morgan fingerprint density at radius 3 is 2.32 bits per heavy atom. The van der Waals surface area contributed by atoms with E-state index in [0.29, 0.717) is 0 Å². The summed E-state index contributed by atoms with van der Waals surface area (Å²) in [5.41, 5.74) is 3.45. The minimum absolute atomic E-state index is 0.769. The highest BCUT2D eigenvalue weighted by molar-refractivity contribution is 7.22. The molecule has 0 aliphatic heterocycles. The first-order valence-electron chi connectivity index (χ1n) is 8.56. The van der Waals surface area contributed by atoms with Gasteiger partial charge in [0.25, 0.3) is 0 Å². The van der Waals surface area contributed by atoms with E-state index in [-0.39, 0.29) is 0 Å². The van der Waals surface area contributed by atoms with Crippen molar-refractivity contribution in [3.8, 4) is 21.9 Å². The molecule has 0 N–H and O–H groups in total. The highest BCUT2D eigenvalue weighted by Crippen LogP contribution is 2.46. The number of methoxy groups -OCH3 is 2. The van der Waals surface area contributed by atoms with Crippen molar-refractivity contribution >= 4 is 27.5 Å². The number of thiophene rings is 1. The van der Waals surface area contributed by atoms with Gasteiger partial charge < -0.3 is 9.47 Å². The van der Waals surface area contributed by atoms with Crippen LogP contribution in [0.4, 0.5) is 0 Å². The molecule has 0 atom stereocenters. The first kappa shape index (κ1) is 19.1. The summed E-state index contributed by atoms with van der Waals surface area (Å²) in [5, 5.41) is 1.25. The lowest BCUT2D eigenvalue weighted by molar-refractivity contribution is 0.356. The molecule has 0 fully saturated rings. The quantitative estimate of drug-likeness (QED) is 0.504. The van der Waals surface area contributed by atoms with Crippen molar-refractivity contribution in [3.05, 3.63) is 53.6 Å². The lowest BCUT2D eigenvalue weighted by Crippen LogP contribution is -1.97. The third-order valence-corrected chi connectivity index (χ3v) is 5.06. The number of hydrogen-bond acceptors (Lipinski definition) is 3. The zero-order valence-electron chi connectivity index (χ0n) is 15.8. The van der Waals surface area contributed by atoms with E-state index in [1.165, 1.54) is 26.1 Å². The standard InChI is InChI=1S/C20H20O2S.C2H6/c1-5-8-15-13(2)11-16(21-3)20(22-4)19(15)18-12-14-9-6-7-10-17(14)23-18;1-2/h5-12H,1-4H3;1-2H3/b8-5-;. The minimum Gasteiger partial charge on any atom is -0.493 e. The molecule has 0 amide bonds. The Balaban J connectivity index is 0.00000109. The molecule has 0 aliphatic rings. The smallest absolute Gasteiger partial charge is 0.169 e. The first-order valence-corrected chi connectivity index (χ1v) is 9.38. The van der Waals surface area contributed by atoms with Gasteiger partial charge in [-0.3, -0.25) is 0 Å². The van der Waals surface area contributed by atoms with Gasteiger partial charge in [-0.25, -0.2) is 0 Å². The predicted molar refractivity (Wildman–Crippen MR) is 111 cm³/mol. The Morgan fingerprint density at radius 1 is 1.00 bits per heavy atom. The molecule has 3 heteroatoms. The predicted octanol–water partition coefficient (Wildman–Crippen LogP) is 6.95. The van der Waals surface area contributed by atoms with Gasteiger partial charge >= 0.3 is 0 Å². The van der Waals surface area contributed by atoms with Crippen LogP contribution >= 0.6 is 11.3 Å². The number of allylic oxidation sites excluding steroid dienone is 1. The minimum atomic E-state index is 0.769. The molecular formula is C22H26O2S. The molecule has 1 heterocycles. The summed E-state index contributed by atoms with van der Waals surface area (Å²) in [4.78, 5) is 1.19. The Labute approximate surface area is 154 Å². The number of rotatable bonds is 4. The van der Waals surface area contributed by atoms with E-state index >= 15 is 0 Å². The van der Waals surface area contributed by atoms with E-state index in [4.69, 9.17) is 9.47 Å². The summed E-state index contributed by atoms with van der Waals surface area (Å²) < 4.78 is 12.5. The fourth-order valence-electron chi connectivity index (χ4n) is 2.87. The zero-order chi connectivity index (χ0) is 18.4. The second kappa shape index (κ2) is 8.72. The molecule has 0 unspecified atom stereocenters. The van der Waals surface area contributed by atoms with Crippen molar-refractivity contribution < 1.29 is 9.47 Å². The Hall–Kier alpha value is -2.26. The first-order chi connectivity index (χ1) is 12.2. The third kappa shape index (κ3) is 3.72. The van der Waals surface area contributed by atoms with Gasteiger partial charge in [-0.1, -0.05) is 44.2 Å². The van der Waals surface area contributed by atoms with E-state index in [2.05, 4.69) is 49.4 Å². The molecule has 0 saturated carbocycles. The van der Waals surface area contributed by atoms with Crippen LogP contribution in [0.3, 0.4) is 0 Å². The maximum absolute atomic E-state index is 5.71. The van der Waals surface area contributed by atoms with Crippen LogP contribution in [0, 0.1) is 6.92 Å². The molecule has 1 aromatic heterocycles. The number of aryl methyl sites for hydroxylation is 1. The summed E-state index contributed by atoms with van der Waals surface area (Å²) >= 11 is 1.78. The van der Waals surface area contributed by atoms with Crippen LogP contribution in [0.5, 0.6) is 11.5 Å². The van der Waals surface area contributed by atoms with E-state index in [9.17, 15) is 0 Å². The molecule has 0 saturated heterocycles. The highest BCUT2D eigenvalue weighted by Gasteiger charge is 2.19. The van der Waals surface area contributed by atoms with Crippen molar-refractivity contribution in [1.29, 1.82) is 0 Å². The van der Waals surface area contributed by atoms with Gasteiger partial charge in [0.05, 0.1) is 14.2 Å². The largest absolute Gasteiger partial charge is 0.493 e. The Bertz CT molecular complexity index is 842. The van der Waals surface area contributed by atoms with Gasteiger partial charge in [0.15, 0.2) is 11.5 Å². The lowest BCUT2D eigenvalue weighted by Gasteiger charge is -2.17. The van der Waals surface area contributed by atoms with Crippen LogP contribution in [-0.2, 0) is 0 Å². The molecule has 3 rings (SSSR count). The molecular weight excluding hydrogens is 328 g/mol. The SMILES string of the molecule is C/C=C\c1c(C)cc(OC)c(OC)c1-c1cc2ccccc2s1.CC. The van der Waals surface area contributed by atoms with Crippen LogP contribution in [0.2, 0.25) is 0 Å². The fourth-order valence-corrected chi connectivity index (χ4v) is 3.99. The number of ether oxygens (including phenoxy) is 2. The van der Waals surface area contributed by atoms with Crippen LogP contribution < -0.4 is 9.47 Å². The van der Waals surface area contributed by atoms with E-state index < -0.39 is 0 Å². The lowest BCUT2D eigenvalue weighted by atomic mass is 9.98. The van der Waals surface area contributed by atoms with Gasteiger partial charge in [-0.05, 0) is 48.6 Å². The molecule has 0 aliphatic carbocycles. The normalized spacial score (nSPS) is 10.6. The maximum Gasteiger partial charge on any atom is 0.169 e. The molecule has 25 heavy (non-hydrogen) atoms. The van der Waals surface area contributed by atoms with Crippen molar-refractivity contribution in [2.24, 2.45) is 0 Å². The number of benzene rings is 2. The molecule has 0 spiro atoms. The van der Waals surface area contributed by atoms with Gasteiger partial charge in [0.2, 0.25) is 0 Å². The van der Waals surface area contributed by atoms with E-state index in [0.717, 1.165) is 17.1 Å². The summed E-state index contributed by atoms with van der Waals surface area (Å²) in [5.74, 6) is 1.56. The molecule has 3 aromatic rings. The fraction of sp³-hybridized carbons (Fsp3) is 0.273. The second-order valence-electron chi connectivity index (χ2n) is 5.37. The molecule has 2 aromatic carbocycles. The third-order valence-electron chi connectivity index (χ3n) is 3.92. The Morgan fingerprint density at radius 2 is 1.72 bits per heavy atom. The Kier molecular flexibility index (Phi) is 6.65. The van der Waals surface area contributed by atoms with Crippen LogP contribution in [0.15, 0.2) is 42.5 Å². The van der Waals surface area contributed by atoms with Crippen molar-refractivity contribution in [2.75, 3.05) is 14.2 Å². The summed E-state index contributed by atoms with van der Waals surface area (Å²) in [6, 6.07) is 12.7. The average molecular weight is 355 g/mol. The van der Waals surface area contributed by atoms with Crippen molar-refractivity contribution in [3.63, 3.8) is 0 Å². The zero-order valence-corrected chi connectivity index (χ0v) is 16.7. The number of hydrogen-bond donors (Lipinski definition) is 0. The van der Waals surface area contributed by atoms with E-state index in [1.54, 1.807) is 25.6 Å². The van der Waals surface area contributed by atoms with Crippen molar-refractivity contribution in [2.45, 2.75) is 27.7 Å². The van der Waals surface area contributed by atoms with Crippen LogP contribution in [0.1, 0.15) is 31.9 Å². The topological polar surface area (TPSA) is 18.5 Å². The molecule has 0 radical (unpaired) electrons. The summed E-state index contributed by atoms with van der Waals surface area (Å²) in [6.07, 6.45) is 4.20. The molecule has 132 valence electrons. The molecule has 0 bridgehead atoms. The van der Waals surface area contributed by atoms with Crippen molar-refractivity contribution in [1.82, 2.24) is 0 Å². The van der Waals surface area contributed by atoms with Crippen LogP contribution in [0.25, 0.3) is 26.6 Å². The second-order valence-corrected chi connectivity index (χ2v) is 6.45. The van der Waals surface area contributed by atoms with Crippen LogP contribution in [-0.4, -0.2) is 14.2 Å². The average Bonchev–Trinajstić information content (AvgIpc) is 3.08. The van der Waals surface area contributed by atoms with Gasteiger partial charge in [-0.2, -0.15) is 0 Å².